The zero-order valence-electron chi connectivity index (χ0n) is 10.9. The standard InChI is InChI=1S/C16H14N2O/c1-10-8-11(2)14-13(9-10)15(16(19)18-14)17-12-6-4-3-5-7-12/h3-9H,1-2H3,(H,17,18,19). The summed E-state index contributed by atoms with van der Waals surface area (Å²) in [6.45, 7) is 4.02. The van der Waals surface area contributed by atoms with Crippen molar-refractivity contribution in [2.24, 2.45) is 4.99 Å². The minimum Gasteiger partial charge on any atom is -0.320 e. The van der Waals surface area contributed by atoms with E-state index in [0.717, 1.165) is 28.1 Å². The maximum Gasteiger partial charge on any atom is 0.275 e. The van der Waals surface area contributed by atoms with Crippen LogP contribution in [0.1, 0.15) is 16.7 Å². The first-order valence-electron chi connectivity index (χ1n) is 6.22. The number of carbonyl (C=O) groups excluding carboxylic acids is 1. The van der Waals surface area contributed by atoms with Crippen molar-refractivity contribution in [1.29, 1.82) is 0 Å². The average molecular weight is 250 g/mol. The molecule has 0 radical (unpaired) electrons. The van der Waals surface area contributed by atoms with Crippen LogP contribution in [-0.4, -0.2) is 11.6 Å². The van der Waals surface area contributed by atoms with Crippen molar-refractivity contribution in [3.63, 3.8) is 0 Å². The molecule has 2 aromatic carbocycles. The van der Waals surface area contributed by atoms with E-state index in [-0.39, 0.29) is 5.91 Å². The molecule has 0 aliphatic carbocycles. The molecule has 0 saturated heterocycles. The van der Waals surface area contributed by atoms with E-state index in [2.05, 4.69) is 16.4 Å². The molecule has 1 N–H and O–H groups in total. The lowest BCUT2D eigenvalue weighted by Crippen LogP contribution is -2.13. The van der Waals surface area contributed by atoms with Crippen molar-refractivity contribution in [2.75, 3.05) is 5.32 Å². The number of aryl methyl sites for hydroxylation is 2. The van der Waals surface area contributed by atoms with Crippen LogP contribution >= 0.6 is 0 Å². The molecule has 2 aromatic rings. The van der Waals surface area contributed by atoms with Gasteiger partial charge in [-0.3, -0.25) is 4.79 Å². The van der Waals surface area contributed by atoms with Gasteiger partial charge in [0.1, 0.15) is 5.71 Å². The van der Waals surface area contributed by atoms with Crippen LogP contribution in [0, 0.1) is 13.8 Å². The van der Waals surface area contributed by atoms with Crippen LogP contribution < -0.4 is 5.32 Å². The SMILES string of the molecule is Cc1cc(C)c2c(c1)C(=Nc1ccccc1)C(=O)N2. The maximum atomic E-state index is 12.1. The fourth-order valence-corrected chi connectivity index (χ4v) is 2.36. The molecular formula is C16H14N2O. The first-order valence-corrected chi connectivity index (χ1v) is 6.22. The molecule has 1 aliphatic rings. The number of benzene rings is 2. The van der Waals surface area contributed by atoms with Gasteiger partial charge in [0.15, 0.2) is 0 Å². The van der Waals surface area contributed by atoms with Crippen molar-refractivity contribution < 1.29 is 4.79 Å². The third-order valence-corrected chi connectivity index (χ3v) is 3.19. The summed E-state index contributed by atoms with van der Waals surface area (Å²) in [7, 11) is 0. The first kappa shape index (κ1) is 11.7. The second kappa shape index (κ2) is 4.35. The molecule has 0 aromatic heterocycles. The predicted octanol–water partition coefficient (Wildman–Crippen LogP) is 3.38. The van der Waals surface area contributed by atoms with Crippen LogP contribution in [0.4, 0.5) is 11.4 Å². The van der Waals surface area contributed by atoms with Crippen LogP contribution in [-0.2, 0) is 4.79 Å². The number of rotatable bonds is 1. The first-order chi connectivity index (χ1) is 9.15. The highest BCUT2D eigenvalue weighted by Gasteiger charge is 2.27. The molecule has 1 amide bonds. The van der Waals surface area contributed by atoms with Crippen LogP contribution in [0.2, 0.25) is 0 Å². The van der Waals surface area contributed by atoms with Crippen LogP contribution in [0.25, 0.3) is 0 Å². The van der Waals surface area contributed by atoms with Crippen molar-refractivity contribution in [3.8, 4) is 0 Å². The Kier molecular flexibility index (Phi) is 2.67. The van der Waals surface area contributed by atoms with Crippen LogP contribution in [0.3, 0.4) is 0 Å². The molecule has 19 heavy (non-hydrogen) atoms. The summed E-state index contributed by atoms with van der Waals surface area (Å²) in [5, 5.41) is 2.89. The van der Waals surface area contributed by atoms with Gasteiger partial charge >= 0.3 is 0 Å². The van der Waals surface area contributed by atoms with Crippen LogP contribution in [0.15, 0.2) is 47.5 Å². The Hall–Kier alpha value is -2.42. The zero-order valence-corrected chi connectivity index (χ0v) is 10.9. The number of anilines is 1. The van der Waals surface area contributed by atoms with E-state index in [1.165, 1.54) is 0 Å². The molecule has 1 aliphatic heterocycles. The van der Waals surface area contributed by atoms with E-state index in [0.29, 0.717) is 5.71 Å². The normalized spacial score (nSPS) is 15.5. The fourth-order valence-electron chi connectivity index (χ4n) is 2.36. The Bertz CT molecular complexity index is 687. The van der Waals surface area contributed by atoms with Gasteiger partial charge in [0.25, 0.3) is 5.91 Å². The Labute approximate surface area is 112 Å². The summed E-state index contributed by atoms with van der Waals surface area (Å²) in [4.78, 5) is 16.5. The minimum atomic E-state index is -0.132. The van der Waals surface area contributed by atoms with Gasteiger partial charge in [0, 0.05) is 5.56 Å². The Morgan fingerprint density at radius 3 is 2.53 bits per heavy atom. The third kappa shape index (κ3) is 2.03. The van der Waals surface area contributed by atoms with Crippen molar-refractivity contribution >= 4 is 23.0 Å². The molecule has 0 atom stereocenters. The second-order valence-corrected chi connectivity index (χ2v) is 4.75. The van der Waals surface area contributed by atoms with Gasteiger partial charge in [-0.05, 0) is 37.6 Å². The topological polar surface area (TPSA) is 41.5 Å². The summed E-state index contributed by atoms with van der Waals surface area (Å²) < 4.78 is 0. The van der Waals surface area contributed by atoms with Gasteiger partial charge in [0.2, 0.25) is 0 Å². The molecule has 0 fully saturated rings. The monoisotopic (exact) mass is 250 g/mol. The Morgan fingerprint density at radius 1 is 1.05 bits per heavy atom. The molecule has 94 valence electrons. The van der Waals surface area contributed by atoms with Gasteiger partial charge in [-0.25, -0.2) is 4.99 Å². The number of fused-ring (bicyclic) bond motifs is 1. The molecule has 3 heteroatoms. The number of hydrogen-bond donors (Lipinski definition) is 1. The summed E-state index contributed by atoms with van der Waals surface area (Å²) in [6.07, 6.45) is 0. The number of aliphatic imine (C=N–C) groups is 1. The van der Waals surface area contributed by atoms with E-state index < -0.39 is 0 Å². The van der Waals surface area contributed by atoms with Gasteiger partial charge in [-0.15, -0.1) is 0 Å². The lowest BCUT2D eigenvalue weighted by atomic mass is 10.0. The quantitative estimate of drug-likeness (QED) is 0.828. The van der Waals surface area contributed by atoms with E-state index in [1.807, 2.05) is 50.2 Å². The van der Waals surface area contributed by atoms with Gasteiger partial charge in [-0.1, -0.05) is 29.8 Å². The Morgan fingerprint density at radius 2 is 1.79 bits per heavy atom. The van der Waals surface area contributed by atoms with Gasteiger partial charge in [-0.2, -0.15) is 0 Å². The number of para-hydroxylation sites is 1. The predicted molar refractivity (Wildman–Crippen MR) is 77.2 cm³/mol. The number of hydrogen-bond acceptors (Lipinski definition) is 2. The largest absolute Gasteiger partial charge is 0.320 e. The smallest absolute Gasteiger partial charge is 0.275 e. The highest BCUT2D eigenvalue weighted by Crippen LogP contribution is 2.30. The molecule has 0 saturated carbocycles. The number of carbonyl (C=O) groups is 1. The molecule has 0 bridgehead atoms. The lowest BCUT2D eigenvalue weighted by Gasteiger charge is -2.04. The Balaban J connectivity index is 2.16. The van der Waals surface area contributed by atoms with Crippen molar-refractivity contribution in [2.45, 2.75) is 13.8 Å². The van der Waals surface area contributed by atoms with Crippen molar-refractivity contribution in [1.82, 2.24) is 0 Å². The van der Waals surface area contributed by atoms with Gasteiger partial charge < -0.3 is 5.32 Å². The number of nitrogens with one attached hydrogen (secondary N) is 1. The van der Waals surface area contributed by atoms with E-state index in [9.17, 15) is 4.79 Å². The van der Waals surface area contributed by atoms with E-state index in [1.54, 1.807) is 0 Å². The molecule has 0 spiro atoms. The molecular weight excluding hydrogens is 236 g/mol. The van der Waals surface area contributed by atoms with Gasteiger partial charge in [0.05, 0.1) is 11.4 Å². The molecule has 0 unspecified atom stereocenters. The number of nitrogens with zero attached hydrogens (tertiary/aromatic N) is 1. The lowest BCUT2D eigenvalue weighted by molar-refractivity contribution is -0.110. The highest BCUT2D eigenvalue weighted by molar-refractivity contribution is 6.54. The highest BCUT2D eigenvalue weighted by atomic mass is 16.2. The van der Waals surface area contributed by atoms with E-state index in [4.69, 9.17) is 0 Å². The maximum absolute atomic E-state index is 12.1. The van der Waals surface area contributed by atoms with Crippen LogP contribution in [0.5, 0.6) is 0 Å². The summed E-state index contributed by atoms with van der Waals surface area (Å²) in [6, 6.07) is 13.6. The third-order valence-electron chi connectivity index (χ3n) is 3.19. The summed E-state index contributed by atoms with van der Waals surface area (Å²) in [5.74, 6) is -0.132. The second-order valence-electron chi connectivity index (χ2n) is 4.75. The van der Waals surface area contributed by atoms with E-state index >= 15 is 0 Å². The molecule has 3 nitrogen and oxygen atoms in total. The fraction of sp³-hybridized carbons (Fsp3) is 0.125. The average Bonchev–Trinajstić information content (AvgIpc) is 2.69. The molecule has 3 rings (SSSR count). The zero-order chi connectivity index (χ0) is 13.4. The summed E-state index contributed by atoms with van der Waals surface area (Å²) >= 11 is 0. The molecule has 1 heterocycles. The summed E-state index contributed by atoms with van der Waals surface area (Å²) in [5.41, 5.74) is 5.26. The van der Waals surface area contributed by atoms with Crippen molar-refractivity contribution in [3.05, 3.63) is 59.2 Å². The number of amides is 1. The minimum absolute atomic E-state index is 0.132.